The standard InChI is InChI=1S/C10H14Br2OS/c1-5(2)6(3)9(13)7-4-8(11)14-10(7)12/h4-6,9,13H,1-3H3. The normalized spacial score (nSPS) is 15.9. The Hall–Kier alpha value is 0.620. The van der Waals surface area contributed by atoms with Crippen LogP contribution in [0.4, 0.5) is 0 Å². The maximum Gasteiger partial charge on any atom is 0.0837 e. The lowest BCUT2D eigenvalue weighted by Gasteiger charge is -2.21. The third kappa shape index (κ3) is 2.81. The van der Waals surface area contributed by atoms with Gasteiger partial charge < -0.3 is 5.11 Å². The van der Waals surface area contributed by atoms with Crippen LogP contribution in [0.5, 0.6) is 0 Å². The molecule has 1 aromatic heterocycles. The highest BCUT2D eigenvalue weighted by atomic mass is 79.9. The first-order chi connectivity index (χ1) is 6.43. The summed E-state index contributed by atoms with van der Waals surface area (Å²) in [6.45, 7) is 6.33. The van der Waals surface area contributed by atoms with E-state index in [1.807, 2.05) is 6.07 Å². The molecule has 0 aliphatic heterocycles. The molecule has 1 aromatic rings. The molecule has 0 aromatic carbocycles. The number of halogens is 2. The summed E-state index contributed by atoms with van der Waals surface area (Å²) < 4.78 is 2.07. The van der Waals surface area contributed by atoms with Gasteiger partial charge in [-0.3, -0.25) is 0 Å². The molecule has 0 saturated heterocycles. The van der Waals surface area contributed by atoms with Gasteiger partial charge >= 0.3 is 0 Å². The predicted molar refractivity (Wildman–Crippen MR) is 68.7 cm³/mol. The minimum atomic E-state index is -0.382. The van der Waals surface area contributed by atoms with Gasteiger partial charge in [0.2, 0.25) is 0 Å². The predicted octanol–water partition coefficient (Wildman–Crippen LogP) is 4.60. The van der Waals surface area contributed by atoms with Gasteiger partial charge in [-0.05, 0) is 49.8 Å². The van der Waals surface area contributed by atoms with Crippen molar-refractivity contribution in [3.05, 3.63) is 19.2 Å². The van der Waals surface area contributed by atoms with E-state index in [1.54, 1.807) is 11.3 Å². The van der Waals surface area contributed by atoms with E-state index < -0.39 is 0 Å². The smallest absolute Gasteiger partial charge is 0.0837 e. The molecule has 0 amide bonds. The zero-order valence-electron chi connectivity index (χ0n) is 8.42. The number of aliphatic hydroxyl groups excluding tert-OH is 1. The Morgan fingerprint density at radius 1 is 1.29 bits per heavy atom. The van der Waals surface area contributed by atoms with Crippen molar-refractivity contribution in [3.63, 3.8) is 0 Å². The second-order valence-electron chi connectivity index (χ2n) is 3.83. The molecule has 0 aliphatic carbocycles. The first-order valence-corrected chi connectivity index (χ1v) is 6.96. The maximum absolute atomic E-state index is 10.1. The largest absolute Gasteiger partial charge is 0.388 e. The molecule has 2 unspecified atom stereocenters. The molecule has 0 bridgehead atoms. The summed E-state index contributed by atoms with van der Waals surface area (Å²) in [5, 5.41) is 10.1. The second-order valence-corrected chi connectivity index (χ2v) is 7.58. The molecular weight excluding hydrogens is 328 g/mol. The van der Waals surface area contributed by atoms with Crippen LogP contribution in [0.2, 0.25) is 0 Å². The van der Waals surface area contributed by atoms with Gasteiger partial charge in [-0.25, -0.2) is 0 Å². The van der Waals surface area contributed by atoms with Gasteiger partial charge in [0.15, 0.2) is 0 Å². The first-order valence-electron chi connectivity index (χ1n) is 4.56. The highest BCUT2D eigenvalue weighted by Crippen LogP contribution is 2.39. The van der Waals surface area contributed by atoms with Crippen LogP contribution in [0, 0.1) is 11.8 Å². The van der Waals surface area contributed by atoms with E-state index in [-0.39, 0.29) is 12.0 Å². The molecule has 14 heavy (non-hydrogen) atoms. The molecule has 0 fully saturated rings. The van der Waals surface area contributed by atoms with E-state index in [0.29, 0.717) is 5.92 Å². The van der Waals surface area contributed by atoms with E-state index >= 15 is 0 Å². The molecule has 80 valence electrons. The van der Waals surface area contributed by atoms with Gasteiger partial charge in [-0.1, -0.05) is 20.8 Å². The lowest BCUT2D eigenvalue weighted by atomic mass is 9.89. The van der Waals surface area contributed by atoms with E-state index in [9.17, 15) is 5.11 Å². The van der Waals surface area contributed by atoms with Crippen molar-refractivity contribution in [2.24, 2.45) is 11.8 Å². The lowest BCUT2D eigenvalue weighted by molar-refractivity contribution is 0.0919. The highest BCUT2D eigenvalue weighted by Gasteiger charge is 2.22. The summed E-state index contributed by atoms with van der Waals surface area (Å²) in [6.07, 6.45) is -0.382. The number of thiophene rings is 1. The molecule has 2 atom stereocenters. The zero-order valence-corrected chi connectivity index (χ0v) is 12.4. The van der Waals surface area contributed by atoms with Crippen molar-refractivity contribution in [1.82, 2.24) is 0 Å². The Morgan fingerprint density at radius 3 is 2.21 bits per heavy atom. The Balaban J connectivity index is 2.88. The van der Waals surface area contributed by atoms with Gasteiger partial charge in [0.05, 0.1) is 13.7 Å². The van der Waals surface area contributed by atoms with Gasteiger partial charge in [0, 0.05) is 5.56 Å². The van der Waals surface area contributed by atoms with E-state index in [2.05, 4.69) is 52.6 Å². The van der Waals surface area contributed by atoms with Gasteiger partial charge in [0.25, 0.3) is 0 Å². The Bertz CT molecular complexity index is 309. The average molecular weight is 342 g/mol. The number of hydrogen-bond donors (Lipinski definition) is 1. The SMILES string of the molecule is CC(C)C(C)C(O)c1cc(Br)sc1Br. The second kappa shape index (κ2) is 5.10. The molecule has 0 saturated carbocycles. The molecular formula is C10H14Br2OS. The molecule has 4 heteroatoms. The lowest BCUT2D eigenvalue weighted by Crippen LogP contribution is -2.14. The van der Waals surface area contributed by atoms with Crippen LogP contribution in [0.25, 0.3) is 0 Å². The molecule has 0 aliphatic rings. The van der Waals surface area contributed by atoms with Crippen LogP contribution in [0.15, 0.2) is 13.6 Å². The van der Waals surface area contributed by atoms with Crippen LogP contribution in [-0.4, -0.2) is 5.11 Å². The van der Waals surface area contributed by atoms with Gasteiger partial charge in [-0.15, -0.1) is 11.3 Å². The number of rotatable bonds is 3. The maximum atomic E-state index is 10.1. The first kappa shape index (κ1) is 12.7. The Kier molecular flexibility index (Phi) is 4.62. The van der Waals surface area contributed by atoms with E-state index in [0.717, 1.165) is 13.1 Å². The van der Waals surface area contributed by atoms with Crippen LogP contribution in [0.1, 0.15) is 32.4 Å². The summed E-state index contributed by atoms with van der Waals surface area (Å²) >= 11 is 8.48. The summed E-state index contributed by atoms with van der Waals surface area (Å²) in [5.74, 6) is 0.753. The van der Waals surface area contributed by atoms with Crippen molar-refractivity contribution in [2.45, 2.75) is 26.9 Å². The van der Waals surface area contributed by atoms with E-state index in [4.69, 9.17) is 0 Å². The summed E-state index contributed by atoms with van der Waals surface area (Å²) in [6, 6.07) is 1.98. The van der Waals surface area contributed by atoms with Crippen molar-refractivity contribution in [3.8, 4) is 0 Å². The Morgan fingerprint density at radius 2 is 1.86 bits per heavy atom. The average Bonchev–Trinajstić information content (AvgIpc) is 2.42. The van der Waals surface area contributed by atoms with Crippen molar-refractivity contribution < 1.29 is 5.11 Å². The fourth-order valence-electron chi connectivity index (χ4n) is 1.20. The van der Waals surface area contributed by atoms with Crippen molar-refractivity contribution >= 4 is 43.2 Å². The van der Waals surface area contributed by atoms with Crippen LogP contribution >= 0.6 is 43.2 Å². The van der Waals surface area contributed by atoms with Crippen molar-refractivity contribution in [1.29, 1.82) is 0 Å². The van der Waals surface area contributed by atoms with E-state index in [1.165, 1.54) is 0 Å². The monoisotopic (exact) mass is 340 g/mol. The number of hydrogen-bond acceptors (Lipinski definition) is 2. The van der Waals surface area contributed by atoms with Crippen LogP contribution < -0.4 is 0 Å². The quantitative estimate of drug-likeness (QED) is 0.851. The molecule has 1 N–H and O–H groups in total. The third-order valence-corrected chi connectivity index (χ3v) is 4.94. The summed E-state index contributed by atoms with van der Waals surface area (Å²) in [7, 11) is 0. The summed E-state index contributed by atoms with van der Waals surface area (Å²) in [4.78, 5) is 0. The van der Waals surface area contributed by atoms with Gasteiger partial charge in [-0.2, -0.15) is 0 Å². The highest BCUT2D eigenvalue weighted by molar-refractivity contribution is 9.12. The fraction of sp³-hybridized carbons (Fsp3) is 0.600. The topological polar surface area (TPSA) is 20.2 Å². The minimum Gasteiger partial charge on any atom is -0.388 e. The molecule has 1 heterocycles. The zero-order chi connectivity index (χ0) is 10.9. The fourth-order valence-corrected chi connectivity index (χ4v) is 4.11. The van der Waals surface area contributed by atoms with Crippen LogP contribution in [0.3, 0.4) is 0 Å². The van der Waals surface area contributed by atoms with Gasteiger partial charge in [0.1, 0.15) is 0 Å². The van der Waals surface area contributed by atoms with Crippen molar-refractivity contribution in [2.75, 3.05) is 0 Å². The molecule has 0 spiro atoms. The number of aliphatic hydroxyl groups is 1. The molecule has 1 rings (SSSR count). The Labute approximate surface area is 106 Å². The molecule has 1 nitrogen and oxygen atoms in total. The van der Waals surface area contributed by atoms with Crippen LogP contribution in [-0.2, 0) is 0 Å². The summed E-state index contributed by atoms with van der Waals surface area (Å²) in [5.41, 5.74) is 0.989. The minimum absolute atomic E-state index is 0.271. The molecule has 0 radical (unpaired) electrons. The third-order valence-electron chi connectivity index (χ3n) is 2.55.